The van der Waals surface area contributed by atoms with Gasteiger partial charge in [-0.15, -0.1) is 0 Å². The molecule has 3 N–H and O–H groups in total. The molecule has 0 amide bonds. The molecular formula is C10H10F2N2O2. The van der Waals surface area contributed by atoms with Crippen molar-refractivity contribution in [1.29, 1.82) is 0 Å². The third-order valence-electron chi connectivity index (χ3n) is 2.96. The Hall–Kier alpha value is -1.56. The SMILES string of the molecule is NC1CC(C(=O)O)(c2c(F)cncc2F)C1. The van der Waals surface area contributed by atoms with E-state index in [0.29, 0.717) is 0 Å². The monoisotopic (exact) mass is 228 g/mol. The van der Waals surface area contributed by atoms with Crippen LogP contribution >= 0.6 is 0 Å². The number of aliphatic carboxylic acids is 1. The average Bonchev–Trinajstić information content (AvgIpc) is 2.13. The van der Waals surface area contributed by atoms with E-state index in [1.807, 2.05) is 0 Å². The van der Waals surface area contributed by atoms with Gasteiger partial charge < -0.3 is 10.8 Å². The van der Waals surface area contributed by atoms with Crippen molar-refractivity contribution in [2.75, 3.05) is 0 Å². The predicted octanol–water partition coefficient (Wildman–Crippen LogP) is 0.803. The van der Waals surface area contributed by atoms with Crippen molar-refractivity contribution < 1.29 is 18.7 Å². The number of carbonyl (C=O) groups is 1. The highest BCUT2D eigenvalue weighted by molar-refractivity contribution is 5.83. The zero-order valence-electron chi connectivity index (χ0n) is 8.28. The topological polar surface area (TPSA) is 76.2 Å². The Morgan fingerprint density at radius 2 is 1.94 bits per heavy atom. The summed E-state index contributed by atoms with van der Waals surface area (Å²) < 4.78 is 26.9. The highest BCUT2D eigenvalue weighted by Crippen LogP contribution is 2.45. The summed E-state index contributed by atoms with van der Waals surface area (Å²) in [7, 11) is 0. The van der Waals surface area contributed by atoms with Crippen molar-refractivity contribution in [2.24, 2.45) is 5.73 Å². The number of pyridine rings is 1. The van der Waals surface area contributed by atoms with E-state index >= 15 is 0 Å². The first-order chi connectivity index (χ1) is 7.47. The first-order valence-electron chi connectivity index (χ1n) is 4.76. The van der Waals surface area contributed by atoms with E-state index in [4.69, 9.17) is 10.8 Å². The van der Waals surface area contributed by atoms with Crippen LogP contribution in [0.5, 0.6) is 0 Å². The van der Waals surface area contributed by atoms with Crippen LogP contribution in [0.15, 0.2) is 12.4 Å². The smallest absolute Gasteiger partial charge is 0.314 e. The van der Waals surface area contributed by atoms with Crippen molar-refractivity contribution >= 4 is 5.97 Å². The number of nitrogens with two attached hydrogens (primary N) is 1. The number of hydrogen-bond donors (Lipinski definition) is 2. The van der Waals surface area contributed by atoms with Crippen molar-refractivity contribution in [3.8, 4) is 0 Å². The Labute approximate surface area is 90.1 Å². The minimum Gasteiger partial charge on any atom is -0.481 e. The molecule has 1 fully saturated rings. The Balaban J connectivity index is 2.53. The summed E-state index contributed by atoms with van der Waals surface area (Å²) in [4.78, 5) is 14.5. The van der Waals surface area contributed by atoms with Crippen molar-refractivity contribution in [2.45, 2.75) is 24.3 Å². The van der Waals surface area contributed by atoms with Gasteiger partial charge in [-0.3, -0.25) is 9.78 Å². The molecule has 0 saturated heterocycles. The first-order valence-corrected chi connectivity index (χ1v) is 4.76. The number of halogens is 2. The largest absolute Gasteiger partial charge is 0.481 e. The molecular weight excluding hydrogens is 218 g/mol. The molecule has 0 radical (unpaired) electrons. The van der Waals surface area contributed by atoms with Gasteiger partial charge in [0.15, 0.2) is 0 Å². The highest BCUT2D eigenvalue weighted by atomic mass is 19.1. The summed E-state index contributed by atoms with van der Waals surface area (Å²) in [6, 6.07) is -0.330. The summed E-state index contributed by atoms with van der Waals surface area (Å²) in [6.45, 7) is 0. The van der Waals surface area contributed by atoms with Crippen molar-refractivity contribution in [3.05, 3.63) is 29.6 Å². The van der Waals surface area contributed by atoms with Crippen LogP contribution in [0.2, 0.25) is 0 Å². The first kappa shape index (κ1) is 10.9. The van der Waals surface area contributed by atoms with Gasteiger partial charge in [0.2, 0.25) is 0 Å². The fraction of sp³-hybridized carbons (Fsp3) is 0.400. The third-order valence-corrected chi connectivity index (χ3v) is 2.96. The van der Waals surface area contributed by atoms with Crippen LogP contribution in [-0.2, 0) is 10.2 Å². The summed E-state index contributed by atoms with van der Waals surface area (Å²) in [5, 5.41) is 9.09. The van der Waals surface area contributed by atoms with Crippen LogP contribution in [0, 0.1) is 11.6 Å². The molecule has 1 aromatic rings. The van der Waals surface area contributed by atoms with Gasteiger partial charge in [0.05, 0.1) is 12.4 Å². The fourth-order valence-electron chi connectivity index (χ4n) is 2.19. The molecule has 1 aromatic heterocycles. The molecule has 1 aliphatic rings. The van der Waals surface area contributed by atoms with Gasteiger partial charge in [-0.2, -0.15) is 0 Å². The molecule has 2 rings (SSSR count). The Morgan fingerprint density at radius 1 is 1.44 bits per heavy atom. The molecule has 16 heavy (non-hydrogen) atoms. The second-order valence-electron chi connectivity index (χ2n) is 4.03. The van der Waals surface area contributed by atoms with Crippen LogP contribution in [0.1, 0.15) is 18.4 Å². The van der Waals surface area contributed by atoms with Gasteiger partial charge in [0, 0.05) is 11.6 Å². The van der Waals surface area contributed by atoms with Crippen LogP contribution in [0.4, 0.5) is 8.78 Å². The molecule has 0 aromatic carbocycles. The van der Waals surface area contributed by atoms with E-state index < -0.39 is 28.6 Å². The van der Waals surface area contributed by atoms with E-state index in [2.05, 4.69) is 4.98 Å². The van der Waals surface area contributed by atoms with Crippen LogP contribution in [0.25, 0.3) is 0 Å². The predicted molar refractivity (Wildman–Crippen MR) is 50.7 cm³/mol. The van der Waals surface area contributed by atoms with Crippen LogP contribution < -0.4 is 5.73 Å². The lowest BCUT2D eigenvalue weighted by molar-refractivity contribution is -0.148. The molecule has 0 spiro atoms. The fourth-order valence-corrected chi connectivity index (χ4v) is 2.19. The average molecular weight is 228 g/mol. The quantitative estimate of drug-likeness (QED) is 0.785. The minimum atomic E-state index is -1.53. The molecule has 0 unspecified atom stereocenters. The lowest BCUT2D eigenvalue weighted by Crippen LogP contribution is -2.55. The van der Waals surface area contributed by atoms with E-state index in [1.54, 1.807) is 0 Å². The Bertz CT molecular complexity index is 424. The molecule has 4 nitrogen and oxygen atoms in total. The molecule has 0 atom stereocenters. The summed E-state index contributed by atoms with van der Waals surface area (Å²) in [5.74, 6) is -3.12. The molecule has 0 aliphatic heterocycles. The number of nitrogens with zero attached hydrogens (tertiary/aromatic N) is 1. The van der Waals surface area contributed by atoms with Gasteiger partial charge in [-0.25, -0.2) is 8.78 Å². The molecule has 0 bridgehead atoms. The molecule has 1 heterocycles. The number of carboxylic acids is 1. The van der Waals surface area contributed by atoms with Crippen LogP contribution in [-0.4, -0.2) is 22.1 Å². The number of hydrogen-bond acceptors (Lipinski definition) is 3. The molecule has 6 heteroatoms. The number of aromatic nitrogens is 1. The number of carboxylic acid groups (broad SMARTS) is 1. The zero-order valence-corrected chi connectivity index (χ0v) is 8.28. The van der Waals surface area contributed by atoms with Gasteiger partial charge >= 0.3 is 5.97 Å². The molecule has 86 valence electrons. The second kappa shape index (κ2) is 3.48. The molecule has 1 saturated carbocycles. The maximum Gasteiger partial charge on any atom is 0.314 e. The second-order valence-corrected chi connectivity index (χ2v) is 4.03. The summed E-state index contributed by atoms with van der Waals surface area (Å²) in [6.07, 6.45) is 1.71. The van der Waals surface area contributed by atoms with E-state index in [0.717, 1.165) is 12.4 Å². The van der Waals surface area contributed by atoms with Gasteiger partial charge in [-0.05, 0) is 12.8 Å². The van der Waals surface area contributed by atoms with E-state index in [-0.39, 0.29) is 18.9 Å². The van der Waals surface area contributed by atoms with Crippen molar-refractivity contribution in [1.82, 2.24) is 4.98 Å². The lowest BCUT2D eigenvalue weighted by Gasteiger charge is -2.42. The lowest BCUT2D eigenvalue weighted by atomic mass is 9.61. The van der Waals surface area contributed by atoms with E-state index in [9.17, 15) is 13.6 Å². The maximum absolute atomic E-state index is 13.4. The van der Waals surface area contributed by atoms with Crippen molar-refractivity contribution in [3.63, 3.8) is 0 Å². The van der Waals surface area contributed by atoms with Gasteiger partial charge in [0.25, 0.3) is 0 Å². The van der Waals surface area contributed by atoms with Crippen LogP contribution in [0.3, 0.4) is 0 Å². The third kappa shape index (κ3) is 1.37. The maximum atomic E-state index is 13.4. The zero-order chi connectivity index (χ0) is 11.9. The summed E-state index contributed by atoms with van der Waals surface area (Å²) in [5.41, 5.74) is 3.54. The minimum absolute atomic E-state index is 0.0419. The van der Waals surface area contributed by atoms with Gasteiger partial charge in [0.1, 0.15) is 17.0 Å². The standard InChI is InChI=1S/C10H10F2N2O2/c11-6-3-14-4-7(12)8(6)10(9(15)16)1-5(13)2-10/h3-5H,1-2,13H2,(H,15,16). The Morgan fingerprint density at radius 3 is 2.31 bits per heavy atom. The van der Waals surface area contributed by atoms with E-state index in [1.165, 1.54) is 0 Å². The van der Waals surface area contributed by atoms with Gasteiger partial charge in [-0.1, -0.05) is 0 Å². The summed E-state index contributed by atoms with van der Waals surface area (Å²) >= 11 is 0. The highest BCUT2D eigenvalue weighted by Gasteiger charge is 2.53. The normalized spacial score (nSPS) is 28.6. The number of rotatable bonds is 2. The Kier molecular flexibility index (Phi) is 2.38. The molecule has 1 aliphatic carbocycles.